The van der Waals surface area contributed by atoms with Crippen LogP contribution in [0.4, 0.5) is 11.4 Å². The van der Waals surface area contributed by atoms with Crippen LogP contribution >= 0.6 is 0 Å². The summed E-state index contributed by atoms with van der Waals surface area (Å²) in [5.41, 5.74) is 7.67. The Morgan fingerprint density at radius 2 is 2.05 bits per heavy atom. The summed E-state index contributed by atoms with van der Waals surface area (Å²) >= 11 is 0. The molecule has 2 aliphatic rings. The van der Waals surface area contributed by atoms with E-state index in [1.54, 1.807) is 0 Å². The van der Waals surface area contributed by atoms with Gasteiger partial charge in [0, 0.05) is 25.2 Å². The molecule has 1 aromatic carbocycles. The molecule has 5 heteroatoms. The molecule has 0 unspecified atom stereocenters. The van der Waals surface area contributed by atoms with Gasteiger partial charge in [0.2, 0.25) is 5.96 Å². The van der Waals surface area contributed by atoms with Gasteiger partial charge in [-0.05, 0) is 43.8 Å². The Morgan fingerprint density at radius 1 is 1.30 bits per heavy atom. The molecule has 1 atom stereocenters. The van der Waals surface area contributed by atoms with Crippen molar-refractivity contribution in [2.75, 3.05) is 24.6 Å². The third-order valence-electron chi connectivity index (χ3n) is 4.13. The standard InChI is InChI=1S/C15H20N4O/c1-17-14(16)18-12-3-5-13(6-4-12)19-9-2-7-15(11-19)8-10-20-15/h3-6H,1-2,7-11H2,(H2,16,18)/t15-/m0/s1. The number of nitrogens with two attached hydrogens (primary N) is 1. The zero-order valence-corrected chi connectivity index (χ0v) is 11.6. The number of hydrogen-bond donors (Lipinski definition) is 1. The summed E-state index contributed by atoms with van der Waals surface area (Å²) in [7, 11) is 0. The Morgan fingerprint density at radius 3 is 2.65 bits per heavy atom. The minimum absolute atomic E-state index is 0.117. The highest BCUT2D eigenvalue weighted by Gasteiger charge is 2.42. The van der Waals surface area contributed by atoms with Gasteiger partial charge >= 0.3 is 0 Å². The molecule has 5 nitrogen and oxygen atoms in total. The topological polar surface area (TPSA) is 63.2 Å². The van der Waals surface area contributed by atoms with Crippen LogP contribution in [0, 0.1) is 0 Å². The van der Waals surface area contributed by atoms with Gasteiger partial charge < -0.3 is 15.4 Å². The largest absolute Gasteiger partial charge is 0.373 e. The molecule has 2 fully saturated rings. The second kappa shape index (κ2) is 5.25. The van der Waals surface area contributed by atoms with E-state index in [1.165, 1.54) is 24.9 Å². The average molecular weight is 272 g/mol. The van der Waals surface area contributed by atoms with E-state index in [4.69, 9.17) is 10.5 Å². The third-order valence-corrected chi connectivity index (χ3v) is 4.13. The van der Waals surface area contributed by atoms with Crippen LogP contribution in [0.25, 0.3) is 0 Å². The highest BCUT2D eigenvalue weighted by Crippen LogP contribution is 2.37. The van der Waals surface area contributed by atoms with Crippen molar-refractivity contribution in [1.82, 2.24) is 0 Å². The number of ether oxygens (including phenoxy) is 1. The fourth-order valence-electron chi connectivity index (χ4n) is 2.94. The second-order valence-corrected chi connectivity index (χ2v) is 5.45. The van der Waals surface area contributed by atoms with Crippen molar-refractivity contribution >= 4 is 24.1 Å². The van der Waals surface area contributed by atoms with Crippen LogP contribution in [-0.4, -0.2) is 38.0 Å². The molecular formula is C15H20N4O. The Kier molecular flexibility index (Phi) is 3.44. The molecule has 1 aromatic rings. The molecule has 0 bridgehead atoms. The molecule has 0 radical (unpaired) electrons. The SMILES string of the molecule is C=NC(N)=Nc1ccc(N2CCC[C@]3(CCO3)C2)cc1. The predicted molar refractivity (Wildman–Crippen MR) is 82.0 cm³/mol. The van der Waals surface area contributed by atoms with Crippen LogP contribution in [0.2, 0.25) is 0 Å². The quantitative estimate of drug-likeness (QED) is 0.662. The number of piperidine rings is 1. The minimum Gasteiger partial charge on any atom is -0.373 e. The van der Waals surface area contributed by atoms with E-state index in [0.29, 0.717) is 0 Å². The molecule has 2 saturated heterocycles. The number of nitrogens with zero attached hydrogens (tertiary/aromatic N) is 3. The van der Waals surface area contributed by atoms with E-state index in [-0.39, 0.29) is 11.6 Å². The van der Waals surface area contributed by atoms with Crippen molar-refractivity contribution in [2.24, 2.45) is 15.7 Å². The summed E-state index contributed by atoms with van der Waals surface area (Å²) in [4.78, 5) is 10.1. The van der Waals surface area contributed by atoms with E-state index in [9.17, 15) is 0 Å². The summed E-state index contributed by atoms with van der Waals surface area (Å²) in [5.74, 6) is 0.192. The first-order valence-corrected chi connectivity index (χ1v) is 7.01. The van der Waals surface area contributed by atoms with Gasteiger partial charge in [0.25, 0.3) is 0 Å². The van der Waals surface area contributed by atoms with Crippen molar-refractivity contribution in [3.05, 3.63) is 24.3 Å². The van der Waals surface area contributed by atoms with Crippen molar-refractivity contribution in [1.29, 1.82) is 0 Å². The lowest BCUT2D eigenvalue weighted by Gasteiger charge is -2.49. The smallest absolute Gasteiger partial charge is 0.219 e. The van der Waals surface area contributed by atoms with Crippen LogP contribution in [-0.2, 0) is 4.74 Å². The van der Waals surface area contributed by atoms with Gasteiger partial charge in [-0.25, -0.2) is 9.98 Å². The molecule has 20 heavy (non-hydrogen) atoms. The van der Waals surface area contributed by atoms with Crippen LogP contribution in [0.1, 0.15) is 19.3 Å². The molecule has 2 aliphatic heterocycles. The highest BCUT2D eigenvalue weighted by molar-refractivity contribution is 5.84. The van der Waals surface area contributed by atoms with Crippen molar-refractivity contribution in [3.8, 4) is 0 Å². The van der Waals surface area contributed by atoms with E-state index in [0.717, 1.165) is 25.4 Å². The fraction of sp³-hybridized carbons (Fsp3) is 0.467. The van der Waals surface area contributed by atoms with Crippen molar-refractivity contribution in [2.45, 2.75) is 24.9 Å². The maximum Gasteiger partial charge on any atom is 0.219 e. The molecule has 3 rings (SSSR count). The highest BCUT2D eigenvalue weighted by atomic mass is 16.5. The summed E-state index contributed by atoms with van der Waals surface area (Å²) in [6, 6.07) is 8.06. The molecule has 106 valence electrons. The molecule has 0 aromatic heterocycles. The Hall–Kier alpha value is -1.88. The lowest BCUT2D eigenvalue weighted by atomic mass is 9.85. The van der Waals surface area contributed by atoms with Gasteiger partial charge in [0.05, 0.1) is 17.9 Å². The zero-order chi connectivity index (χ0) is 14.0. The predicted octanol–water partition coefficient (Wildman–Crippen LogP) is 2.09. The number of hydrogen-bond acceptors (Lipinski definition) is 3. The summed E-state index contributed by atoms with van der Waals surface area (Å²) < 4.78 is 5.80. The van der Waals surface area contributed by atoms with Gasteiger partial charge in [-0.3, -0.25) is 0 Å². The molecule has 2 N–H and O–H groups in total. The molecule has 0 amide bonds. The first-order chi connectivity index (χ1) is 9.71. The Bertz CT molecular complexity index is 519. The van der Waals surface area contributed by atoms with Gasteiger partial charge in [-0.15, -0.1) is 0 Å². The minimum atomic E-state index is 0.117. The summed E-state index contributed by atoms with van der Waals surface area (Å²) in [6.45, 7) is 6.34. The number of aliphatic imine (C=N–C) groups is 2. The number of rotatable bonds is 2. The second-order valence-electron chi connectivity index (χ2n) is 5.45. The maximum absolute atomic E-state index is 5.80. The van der Waals surface area contributed by atoms with Crippen molar-refractivity contribution < 1.29 is 4.74 Å². The van der Waals surface area contributed by atoms with E-state index >= 15 is 0 Å². The van der Waals surface area contributed by atoms with E-state index in [2.05, 4.69) is 33.7 Å². The molecular weight excluding hydrogens is 252 g/mol. The number of guanidine groups is 1. The Labute approximate surface area is 119 Å². The van der Waals surface area contributed by atoms with Gasteiger partial charge in [-0.2, -0.15) is 0 Å². The van der Waals surface area contributed by atoms with Crippen LogP contribution < -0.4 is 10.6 Å². The van der Waals surface area contributed by atoms with Crippen molar-refractivity contribution in [3.63, 3.8) is 0 Å². The molecule has 0 aliphatic carbocycles. The lowest BCUT2D eigenvalue weighted by Crippen LogP contribution is -2.56. The Balaban J connectivity index is 1.72. The monoisotopic (exact) mass is 272 g/mol. The van der Waals surface area contributed by atoms with E-state index in [1.807, 2.05) is 12.1 Å². The summed E-state index contributed by atoms with van der Waals surface area (Å²) in [6.07, 6.45) is 3.56. The average Bonchev–Trinajstić information content (AvgIpc) is 2.46. The van der Waals surface area contributed by atoms with Crippen LogP contribution in [0.15, 0.2) is 34.3 Å². The van der Waals surface area contributed by atoms with Gasteiger partial charge in [0.15, 0.2) is 0 Å². The first kappa shape index (κ1) is 13.1. The van der Waals surface area contributed by atoms with E-state index < -0.39 is 0 Å². The van der Waals surface area contributed by atoms with Crippen LogP contribution in [0.3, 0.4) is 0 Å². The maximum atomic E-state index is 5.80. The lowest BCUT2D eigenvalue weighted by molar-refractivity contribution is -0.150. The zero-order valence-electron chi connectivity index (χ0n) is 11.6. The number of anilines is 1. The first-order valence-electron chi connectivity index (χ1n) is 7.01. The molecule has 0 saturated carbocycles. The summed E-state index contributed by atoms with van der Waals surface area (Å²) in [5, 5.41) is 0. The normalized spacial score (nSPS) is 26.4. The molecule has 1 spiro atoms. The third kappa shape index (κ3) is 2.54. The fourth-order valence-corrected chi connectivity index (χ4v) is 2.94. The van der Waals surface area contributed by atoms with Gasteiger partial charge in [0.1, 0.15) is 0 Å². The van der Waals surface area contributed by atoms with Gasteiger partial charge in [-0.1, -0.05) is 0 Å². The molecule has 2 heterocycles. The number of benzene rings is 1. The van der Waals surface area contributed by atoms with Crippen LogP contribution in [0.5, 0.6) is 0 Å².